The average Bonchev–Trinajstić information content (AvgIpc) is 2.92. The van der Waals surface area contributed by atoms with Crippen LogP contribution < -0.4 is 5.32 Å². The second-order valence-corrected chi connectivity index (χ2v) is 6.32. The Hall–Kier alpha value is -1.39. The van der Waals surface area contributed by atoms with Crippen LogP contribution in [0.5, 0.6) is 0 Å². The van der Waals surface area contributed by atoms with Crippen LogP contribution in [0.3, 0.4) is 0 Å². The lowest BCUT2D eigenvalue weighted by Crippen LogP contribution is -2.46. The maximum atomic E-state index is 12.2. The molecule has 1 heterocycles. The number of benzene rings is 1. The molecule has 1 aliphatic carbocycles. The third-order valence-corrected chi connectivity index (χ3v) is 4.76. The maximum absolute atomic E-state index is 12.2. The van der Waals surface area contributed by atoms with Gasteiger partial charge in [0.15, 0.2) is 0 Å². The maximum Gasteiger partial charge on any atom is 0.249 e. The summed E-state index contributed by atoms with van der Waals surface area (Å²) in [5, 5.41) is 13.8. The van der Waals surface area contributed by atoms with Gasteiger partial charge in [0.2, 0.25) is 5.91 Å². The number of nitrogens with one attached hydrogen (secondary N) is 1. The van der Waals surface area contributed by atoms with Gasteiger partial charge in [0.1, 0.15) is 11.7 Å². The van der Waals surface area contributed by atoms with E-state index in [2.05, 4.69) is 11.4 Å². The van der Waals surface area contributed by atoms with Gasteiger partial charge in [-0.2, -0.15) is 0 Å². The van der Waals surface area contributed by atoms with E-state index in [9.17, 15) is 9.90 Å². The van der Waals surface area contributed by atoms with E-state index in [1.54, 1.807) is 0 Å². The molecule has 4 heteroatoms. The molecule has 1 amide bonds. The summed E-state index contributed by atoms with van der Waals surface area (Å²) in [6.07, 6.45) is 3.18. The van der Waals surface area contributed by atoms with Gasteiger partial charge in [-0.3, -0.25) is 4.79 Å². The van der Waals surface area contributed by atoms with Gasteiger partial charge < -0.3 is 15.2 Å². The van der Waals surface area contributed by atoms with Gasteiger partial charge in [-0.25, -0.2) is 0 Å². The van der Waals surface area contributed by atoms with E-state index in [0.29, 0.717) is 13.0 Å². The molecular formula is C17H23NO3. The fourth-order valence-corrected chi connectivity index (χ4v) is 3.45. The van der Waals surface area contributed by atoms with Gasteiger partial charge in [0.25, 0.3) is 0 Å². The van der Waals surface area contributed by atoms with E-state index in [1.807, 2.05) is 25.1 Å². The number of hydrogen-bond acceptors (Lipinski definition) is 3. The van der Waals surface area contributed by atoms with E-state index in [0.717, 1.165) is 24.8 Å². The minimum Gasteiger partial charge on any atom is -0.383 e. The fraction of sp³-hybridized carbons (Fsp3) is 0.588. The molecule has 2 aliphatic rings. The molecule has 0 bridgehead atoms. The number of hydrogen-bond donors (Lipinski definition) is 2. The molecule has 3 unspecified atom stereocenters. The Morgan fingerprint density at radius 3 is 3.05 bits per heavy atom. The molecule has 1 aliphatic heterocycles. The molecule has 1 aromatic rings. The SMILES string of the molecule is CC1CCOC1C(=O)NCC1(O)CCCc2ccccc21. The number of carbonyl (C=O) groups is 1. The van der Waals surface area contributed by atoms with Crippen LogP contribution in [-0.4, -0.2) is 30.3 Å². The van der Waals surface area contributed by atoms with E-state index in [1.165, 1.54) is 5.56 Å². The number of aryl methyl sites for hydroxylation is 1. The van der Waals surface area contributed by atoms with Gasteiger partial charge in [-0.05, 0) is 42.7 Å². The highest BCUT2D eigenvalue weighted by Crippen LogP contribution is 2.34. The Kier molecular flexibility index (Phi) is 4.00. The van der Waals surface area contributed by atoms with Crippen LogP contribution in [0.25, 0.3) is 0 Å². The molecule has 0 spiro atoms. The van der Waals surface area contributed by atoms with Crippen LogP contribution in [0.15, 0.2) is 24.3 Å². The van der Waals surface area contributed by atoms with E-state index >= 15 is 0 Å². The van der Waals surface area contributed by atoms with Crippen molar-refractivity contribution in [3.63, 3.8) is 0 Å². The van der Waals surface area contributed by atoms with E-state index < -0.39 is 5.60 Å². The molecular weight excluding hydrogens is 266 g/mol. The third-order valence-electron chi connectivity index (χ3n) is 4.76. The Balaban J connectivity index is 1.69. The lowest BCUT2D eigenvalue weighted by Gasteiger charge is -2.35. The van der Waals surface area contributed by atoms with Crippen LogP contribution in [0.4, 0.5) is 0 Å². The first kappa shape index (κ1) is 14.5. The van der Waals surface area contributed by atoms with Crippen molar-refractivity contribution in [3.05, 3.63) is 35.4 Å². The Labute approximate surface area is 125 Å². The number of rotatable bonds is 3. The van der Waals surface area contributed by atoms with Crippen LogP contribution in [0.1, 0.15) is 37.3 Å². The first-order valence-electron chi connectivity index (χ1n) is 7.80. The monoisotopic (exact) mass is 289 g/mol. The summed E-state index contributed by atoms with van der Waals surface area (Å²) in [5.74, 6) is 0.148. The Morgan fingerprint density at radius 1 is 1.48 bits per heavy atom. The first-order chi connectivity index (χ1) is 10.1. The lowest BCUT2D eigenvalue weighted by molar-refractivity contribution is -0.133. The molecule has 1 saturated heterocycles. The minimum atomic E-state index is -0.952. The highest BCUT2D eigenvalue weighted by atomic mass is 16.5. The summed E-state index contributed by atoms with van der Waals surface area (Å²) in [4.78, 5) is 12.2. The summed E-state index contributed by atoms with van der Waals surface area (Å²) in [6, 6.07) is 7.97. The van der Waals surface area contributed by atoms with Crippen LogP contribution in [0.2, 0.25) is 0 Å². The Bertz CT molecular complexity index is 531. The number of carbonyl (C=O) groups excluding carboxylic acids is 1. The first-order valence-corrected chi connectivity index (χ1v) is 7.80. The zero-order chi connectivity index (χ0) is 14.9. The molecule has 1 fully saturated rings. The smallest absolute Gasteiger partial charge is 0.249 e. The largest absolute Gasteiger partial charge is 0.383 e. The second-order valence-electron chi connectivity index (χ2n) is 6.32. The zero-order valence-electron chi connectivity index (χ0n) is 12.5. The average molecular weight is 289 g/mol. The molecule has 2 N–H and O–H groups in total. The number of aliphatic hydroxyl groups is 1. The molecule has 1 aromatic carbocycles. The summed E-state index contributed by atoms with van der Waals surface area (Å²) in [7, 11) is 0. The van der Waals surface area contributed by atoms with Crippen molar-refractivity contribution < 1.29 is 14.6 Å². The highest BCUT2D eigenvalue weighted by molar-refractivity contribution is 5.81. The highest BCUT2D eigenvalue weighted by Gasteiger charge is 2.36. The van der Waals surface area contributed by atoms with Crippen LogP contribution >= 0.6 is 0 Å². The van der Waals surface area contributed by atoms with Crippen molar-refractivity contribution in [2.24, 2.45) is 5.92 Å². The molecule has 0 aromatic heterocycles. The lowest BCUT2D eigenvalue weighted by atomic mass is 9.79. The van der Waals surface area contributed by atoms with Gasteiger partial charge in [0, 0.05) is 6.61 Å². The van der Waals surface area contributed by atoms with Gasteiger partial charge in [-0.1, -0.05) is 31.2 Å². The van der Waals surface area contributed by atoms with Crippen molar-refractivity contribution in [3.8, 4) is 0 Å². The molecule has 0 radical (unpaired) electrons. The quantitative estimate of drug-likeness (QED) is 0.891. The van der Waals surface area contributed by atoms with Crippen molar-refractivity contribution in [1.82, 2.24) is 5.32 Å². The summed E-state index contributed by atoms with van der Waals surface area (Å²) < 4.78 is 5.48. The van der Waals surface area contributed by atoms with Gasteiger partial charge >= 0.3 is 0 Å². The fourth-order valence-electron chi connectivity index (χ4n) is 3.45. The van der Waals surface area contributed by atoms with Crippen molar-refractivity contribution in [1.29, 1.82) is 0 Å². The second kappa shape index (κ2) is 5.78. The minimum absolute atomic E-state index is 0.100. The van der Waals surface area contributed by atoms with Crippen LogP contribution in [0, 0.1) is 5.92 Å². The van der Waals surface area contributed by atoms with Gasteiger partial charge in [0.05, 0.1) is 6.54 Å². The van der Waals surface area contributed by atoms with Crippen molar-refractivity contribution in [2.45, 2.75) is 44.3 Å². The predicted octanol–water partition coefficient (Wildman–Crippen LogP) is 1.75. The Morgan fingerprint density at radius 2 is 2.29 bits per heavy atom. The van der Waals surface area contributed by atoms with Crippen molar-refractivity contribution >= 4 is 5.91 Å². The zero-order valence-corrected chi connectivity index (χ0v) is 12.5. The van der Waals surface area contributed by atoms with Crippen molar-refractivity contribution in [2.75, 3.05) is 13.2 Å². The summed E-state index contributed by atoms with van der Waals surface area (Å²) in [5.41, 5.74) is 1.19. The normalized spacial score (nSPS) is 31.7. The number of ether oxygens (including phenoxy) is 1. The molecule has 3 rings (SSSR count). The molecule has 3 atom stereocenters. The van der Waals surface area contributed by atoms with E-state index in [-0.39, 0.29) is 24.5 Å². The van der Waals surface area contributed by atoms with Gasteiger partial charge in [-0.15, -0.1) is 0 Å². The third kappa shape index (κ3) is 2.83. The summed E-state index contributed by atoms with van der Waals surface area (Å²) in [6.45, 7) is 2.93. The van der Waals surface area contributed by atoms with E-state index in [4.69, 9.17) is 4.74 Å². The number of amides is 1. The standard InChI is InChI=1S/C17H23NO3/c1-12-8-10-21-15(12)16(19)18-11-17(20)9-4-6-13-5-2-3-7-14(13)17/h2-3,5,7,12,15,20H,4,6,8-11H2,1H3,(H,18,19). The molecule has 0 saturated carbocycles. The number of fused-ring (bicyclic) bond motifs is 1. The molecule has 4 nitrogen and oxygen atoms in total. The summed E-state index contributed by atoms with van der Waals surface area (Å²) >= 11 is 0. The predicted molar refractivity (Wildman–Crippen MR) is 79.8 cm³/mol. The molecule has 114 valence electrons. The van der Waals surface area contributed by atoms with Crippen LogP contribution in [-0.2, 0) is 21.6 Å². The topological polar surface area (TPSA) is 58.6 Å². The molecule has 21 heavy (non-hydrogen) atoms.